The van der Waals surface area contributed by atoms with Crippen LogP contribution < -0.4 is 5.32 Å². The summed E-state index contributed by atoms with van der Waals surface area (Å²) in [6.07, 6.45) is 3.78. The van der Waals surface area contributed by atoms with Gasteiger partial charge in [-0.3, -0.25) is 0 Å². The number of hydrogen-bond acceptors (Lipinski definition) is 3. The summed E-state index contributed by atoms with van der Waals surface area (Å²) in [5.41, 5.74) is 4.33. The second kappa shape index (κ2) is 5.74. The maximum absolute atomic E-state index is 13.7. The molecule has 0 aliphatic carbocycles. The second-order valence-electron chi connectivity index (χ2n) is 6.07. The van der Waals surface area contributed by atoms with Crippen LogP contribution in [-0.4, -0.2) is 15.0 Å². The Morgan fingerprint density at radius 2 is 1.96 bits per heavy atom. The molecule has 5 heteroatoms. The fourth-order valence-corrected chi connectivity index (χ4v) is 3.31. The lowest BCUT2D eigenvalue weighted by atomic mass is 10.0. The number of fused-ring (bicyclic) bond motifs is 5. The first-order valence-electron chi connectivity index (χ1n) is 8.33. The average molecular weight is 322 g/mol. The van der Waals surface area contributed by atoms with Crippen molar-refractivity contribution in [3.63, 3.8) is 0 Å². The number of rotatable bonds is 3. The highest BCUT2D eigenvalue weighted by Crippen LogP contribution is 2.43. The van der Waals surface area contributed by atoms with Gasteiger partial charge in [-0.2, -0.15) is 0 Å². The van der Waals surface area contributed by atoms with Gasteiger partial charge in [-0.1, -0.05) is 13.8 Å². The largest absolute Gasteiger partial charge is 0.341 e. The van der Waals surface area contributed by atoms with Gasteiger partial charge in [0.2, 0.25) is 0 Å². The number of aromatic amines is 1. The van der Waals surface area contributed by atoms with Crippen LogP contribution in [0, 0.1) is 5.82 Å². The topological polar surface area (TPSA) is 53.6 Å². The van der Waals surface area contributed by atoms with Gasteiger partial charge in [-0.05, 0) is 43.2 Å². The summed E-state index contributed by atoms with van der Waals surface area (Å²) in [5, 5.41) is 3.24. The maximum atomic E-state index is 13.7. The number of nitrogens with one attached hydrogen (secondary N) is 2. The van der Waals surface area contributed by atoms with Crippen molar-refractivity contribution >= 4 is 11.5 Å². The van der Waals surface area contributed by atoms with Crippen LogP contribution in [0.3, 0.4) is 0 Å². The summed E-state index contributed by atoms with van der Waals surface area (Å²) >= 11 is 0. The molecule has 0 atom stereocenters. The molecule has 2 N–H and O–H groups in total. The van der Waals surface area contributed by atoms with Crippen LogP contribution >= 0.6 is 0 Å². The molecule has 4 rings (SSSR count). The van der Waals surface area contributed by atoms with E-state index in [-0.39, 0.29) is 5.82 Å². The molecule has 0 bridgehead atoms. The molecule has 0 saturated heterocycles. The number of anilines is 2. The maximum Gasteiger partial charge on any atom is 0.139 e. The number of nitrogens with zero attached hydrogens (tertiary/aromatic N) is 2. The highest BCUT2D eigenvalue weighted by molar-refractivity contribution is 5.94. The molecule has 1 aliphatic rings. The van der Waals surface area contributed by atoms with E-state index in [4.69, 9.17) is 4.98 Å². The number of pyridine rings is 1. The molecule has 1 aromatic carbocycles. The van der Waals surface area contributed by atoms with E-state index in [2.05, 4.69) is 29.1 Å². The van der Waals surface area contributed by atoms with Crippen molar-refractivity contribution in [2.45, 2.75) is 32.6 Å². The summed E-state index contributed by atoms with van der Waals surface area (Å²) in [4.78, 5) is 12.8. The van der Waals surface area contributed by atoms with E-state index >= 15 is 0 Å². The first-order chi connectivity index (χ1) is 11.7. The Hall–Kier alpha value is -2.69. The zero-order valence-electron chi connectivity index (χ0n) is 13.7. The fraction of sp³-hybridized carbons (Fsp3) is 0.263. The van der Waals surface area contributed by atoms with Gasteiger partial charge in [-0.25, -0.2) is 14.4 Å². The third-order valence-electron chi connectivity index (χ3n) is 4.66. The van der Waals surface area contributed by atoms with Crippen LogP contribution in [0.25, 0.3) is 22.5 Å². The Labute approximate surface area is 140 Å². The summed E-state index contributed by atoms with van der Waals surface area (Å²) in [5.74, 6) is 1.80. The number of H-pyrrole nitrogens is 1. The van der Waals surface area contributed by atoms with Crippen LogP contribution in [0.4, 0.5) is 15.9 Å². The standard InChI is InChI=1S/C19H19FN4/c1-3-11(4-2)18-23-16-13-8-7-12(20)10-15(13)22-19-14(17(16)24-18)6-5-9-21-19/h5-11H,3-4H2,1-2H3,(H,21,22)(H,23,24). The van der Waals surface area contributed by atoms with Crippen molar-refractivity contribution in [3.8, 4) is 22.5 Å². The molecule has 1 aliphatic heterocycles. The molecule has 0 saturated carbocycles. The smallest absolute Gasteiger partial charge is 0.139 e. The molecule has 0 radical (unpaired) electrons. The van der Waals surface area contributed by atoms with E-state index < -0.39 is 0 Å². The van der Waals surface area contributed by atoms with Crippen LogP contribution in [0.2, 0.25) is 0 Å². The molecular weight excluding hydrogens is 303 g/mol. The zero-order chi connectivity index (χ0) is 16.7. The van der Waals surface area contributed by atoms with E-state index in [0.717, 1.165) is 41.2 Å². The average Bonchev–Trinajstić information content (AvgIpc) is 2.96. The predicted octanol–water partition coefficient (Wildman–Crippen LogP) is 5.24. The minimum Gasteiger partial charge on any atom is -0.341 e. The van der Waals surface area contributed by atoms with Gasteiger partial charge in [0.15, 0.2) is 0 Å². The zero-order valence-corrected chi connectivity index (χ0v) is 13.7. The molecule has 0 fully saturated rings. The Kier molecular flexibility index (Phi) is 3.56. The summed E-state index contributed by atoms with van der Waals surface area (Å²) in [7, 11) is 0. The molecule has 0 amide bonds. The summed E-state index contributed by atoms with van der Waals surface area (Å²) in [6.45, 7) is 4.34. The van der Waals surface area contributed by atoms with Crippen LogP contribution in [-0.2, 0) is 0 Å². The quantitative estimate of drug-likeness (QED) is 0.542. The summed E-state index contributed by atoms with van der Waals surface area (Å²) < 4.78 is 13.7. The van der Waals surface area contributed by atoms with E-state index in [1.54, 1.807) is 12.3 Å². The van der Waals surface area contributed by atoms with Gasteiger partial charge in [0.1, 0.15) is 17.5 Å². The molecule has 122 valence electrons. The monoisotopic (exact) mass is 322 g/mol. The lowest BCUT2D eigenvalue weighted by Crippen LogP contribution is -1.99. The second-order valence-corrected chi connectivity index (χ2v) is 6.07. The number of hydrogen-bond donors (Lipinski definition) is 2. The van der Waals surface area contributed by atoms with Gasteiger partial charge < -0.3 is 10.3 Å². The van der Waals surface area contributed by atoms with E-state index in [1.165, 1.54) is 12.1 Å². The molecule has 4 nitrogen and oxygen atoms in total. The van der Waals surface area contributed by atoms with Crippen LogP contribution in [0.15, 0.2) is 36.5 Å². The Morgan fingerprint density at radius 1 is 1.12 bits per heavy atom. The molecule has 3 aromatic rings. The molecule has 0 spiro atoms. The summed E-state index contributed by atoms with van der Waals surface area (Å²) in [6, 6.07) is 8.65. The lowest BCUT2D eigenvalue weighted by molar-refractivity contribution is 0.609. The minimum absolute atomic E-state index is 0.280. The van der Waals surface area contributed by atoms with Crippen molar-refractivity contribution in [3.05, 3.63) is 48.2 Å². The van der Waals surface area contributed by atoms with Crippen LogP contribution in [0.1, 0.15) is 38.4 Å². The Morgan fingerprint density at radius 3 is 2.75 bits per heavy atom. The number of aromatic nitrogens is 3. The van der Waals surface area contributed by atoms with Gasteiger partial charge in [0, 0.05) is 23.2 Å². The number of imidazole rings is 1. The van der Waals surface area contributed by atoms with E-state index in [9.17, 15) is 4.39 Å². The molecule has 2 aromatic heterocycles. The van der Waals surface area contributed by atoms with Crippen molar-refractivity contribution in [1.29, 1.82) is 0 Å². The van der Waals surface area contributed by atoms with E-state index in [0.29, 0.717) is 17.4 Å². The normalized spacial score (nSPS) is 12.2. The Bertz CT molecular complexity index is 896. The third-order valence-corrected chi connectivity index (χ3v) is 4.66. The van der Waals surface area contributed by atoms with Gasteiger partial charge in [-0.15, -0.1) is 0 Å². The van der Waals surface area contributed by atoms with Crippen molar-refractivity contribution in [1.82, 2.24) is 15.0 Å². The Balaban J connectivity index is 2.00. The van der Waals surface area contributed by atoms with Gasteiger partial charge in [0.05, 0.1) is 17.1 Å². The molecular formula is C19H19FN4. The van der Waals surface area contributed by atoms with Crippen molar-refractivity contribution in [2.24, 2.45) is 0 Å². The third kappa shape index (κ3) is 2.28. The van der Waals surface area contributed by atoms with E-state index in [1.807, 2.05) is 12.1 Å². The highest BCUT2D eigenvalue weighted by atomic mass is 19.1. The van der Waals surface area contributed by atoms with Gasteiger partial charge >= 0.3 is 0 Å². The minimum atomic E-state index is -0.280. The fourth-order valence-electron chi connectivity index (χ4n) is 3.31. The molecule has 24 heavy (non-hydrogen) atoms. The SMILES string of the molecule is CCC(CC)c1nc2c([nH]1)-c1cccnc1Nc1cc(F)ccc1-2. The first kappa shape index (κ1) is 14.9. The van der Waals surface area contributed by atoms with Crippen molar-refractivity contribution in [2.75, 3.05) is 5.32 Å². The van der Waals surface area contributed by atoms with Crippen LogP contribution in [0.5, 0.6) is 0 Å². The number of halogens is 1. The highest BCUT2D eigenvalue weighted by Gasteiger charge is 2.25. The lowest BCUT2D eigenvalue weighted by Gasteiger charge is -2.10. The predicted molar refractivity (Wildman–Crippen MR) is 93.8 cm³/mol. The van der Waals surface area contributed by atoms with Crippen molar-refractivity contribution < 1.29 is 4.39 Å². The van der Waals surface area contributed by atoms with Gasteiger partial charge in [0.25, 0.3) is 0 Å². The first-order valence-corrected chi connectivity index (χ1v) is 8.33. The number of benzene rings is 1. The molecule has 3 heterocycles. The molecule has 0 unspecified atom stereocenters.